The van der Waals surface area contributed by atoms with Crippen molar-refractivity contribution in [1.29, 1.82) is 0 Å². The van der Waals surface area contributed by atoms with Gasteiger partial charge in [0.2, 0.25) is 0 Å². The van der Waals surface area contributed by atoms with E-state index >= 15 is 0 Å². The molecule has 1 aliphatic rings. The van der Waals surface area contributed by atoms with Gasteiger partial charge in [-0.3, -0.25) is 4.79 Å². The minimum absolute atomic E-state index is 0.0497. The fraction of sp³-hybridized carbons (Fsp3) is 0.381. The van der Waals surface area contributed by atoms with Gasteiger partial charge in [-0.05, 0) is 38.4 Å². The smallest absolute Gasteiger partial charge is 0.257 e. The van der Waals surface area contributed by atoms with Crippen molar-refractivity contribution in [3.63, 3.8) is 0 Å². The zero-order valence-electron chi connectivity index (χ0n) is 16.3. The summed E-state index contributed by atoms with van der Waals surface area (Å²) in [4.78, 5) is 16.8. The number of benzene rings is 2. The van der Waals surface area contributed by atoms with Crippen molar-refractivity contribution in [3.05, 3.63) is 63.4 Å². The van der Waals surface area contributed by atoms with Crippen LogP contribution in [0.15, 0.2) is 36.4 Å². The molecule has 1 heterocycles. The van der Waals surface area contributed by atoms with Crippen molar-refractivity contribution in [2.45, 2.75) is 6.10 Å². The van der Waals surface area contributed by atoms with Crippen molar-refractivity contribution >= 4 is 29.1 Å². The molecular weight excluding hydrogens is 418 g/mol. The maximum atomic E-state index is 13.9. The molecule has 3 rings (SSSR count). The molecule has 0 aromatic heterocycles. The number of halogens is 3. The predicted molar refractivity (Wildman–Crippen MR) is 112 cm³/mol. The zero-order valence-corrected chi connectivity index (χ0v) is 17.8. The van der Waals surface area contributed by atoms with E-state index in [2.05, 4.69) is 0 Å². The standard InChI is InChI=1S/C21H23Cl2FN2O3/c1-25(2)7-9-28-19-6-4-3-5-14(19)21(27)26-8-10-29-20(13-26)15-11-18(24)17(23)12-16(15)22/h3-6,11-12,20H,7-10,13H2,1-2H3. The van der Waals surface area contributed by atoms with Crippen LogP contribution in [0.2, 0.25) is 10.0 Å². The number of hydrogen-bond donors (Lipinski definition) is 0. The highest BCUT2D eigenvalue weighted by Crippen LogP contribution is 2.33. The van der Waals surface area contributed by atoms with Gasteiger partial charge in [-0.25, -0.2) is 4.39 Å². The highest BCUT2D eigenvalue weighted by atomic mass is 35.5. The predicted octanol–water partition coefficient (Wildman–Crippen LogP) is 4.29. The number of ether oxygens (including phenoxy) is 2. The number of amides is 1. The summed E-state index contributed by atoms with van der Waals surface area (Å²) in [6.07, 6.45) is -0.534. The van der Waals surface area contributed by atoms with E-state index in [1.165, 1.54) is 12.1 Å². The average Bonchev–Trinajstić information content (AvgIpc) is 2.70. The molecule has 0 aliphatic carbocycles. The molecule has 1 fully saturated rings. The van der Waals surface area contributed by atoms with Crippen molar-refractivity contribution in [1.82, 2.24) is 9.80 Å². The van der Waals surface area contributed by atoms with Gasteiger partial charge in [-0.2, -0.15) is 0 Å². The summed E-state index contributed by atoms with van der Waals surface area (Å²) < 4.78 is 25.5. The monoisotopic (exact) mass is 440 g/mol. The van der Waals surface area contributed by atoms with Gasteiger partial charge in [0.15, 0.2) is 0 Å². The number of likely N-dealkylation sites (N-methyl/N-ethyl adjacent to an activating group) is 1. The molecule has 1 atom stereocenters. The van der Waals surface area contributed by atoms with Crippen LogP contribution in [0.4, 0.5) is 4.39 Å². The van der Waals surface area contributed by atoms with Gasteiger partial charge >= 0.3 is 0 Å². The average molecular weight is 441 g/mol. The lowest BCUT2D eigenvalue weighted by Gasteiger charge is -2.34. The van der Waals surface area contributed by atoms with Gasteiger partial charge in [0.25, 0.3) is 5.91 Å². The lowest BCUT2D eigenvalue weighted by molar-refractivity contribution is -0.0230. The molecule has 0 radical (unpaired) electrons. The molecule has 0 bridgehead atoms. The van der Waals surface area contributed by atoms with Crippen LogP contribution in [-0.4, -0.2) is 62.7 Å². The Morgan fingerprint density at radius 2 is 2.03 bits per heavy atom. The van der Waals surface area contributed by atoms with Gasteiger partial charge in [0.1, 0.15) is 24.3 Å². The van der Waals surface area contributed by atoms with Crippen molar-refractivity contribution in [2.24, 2.45) is 0 Å². The first-order chi connectivity index (χ1) is 13.9. The normalized spacial score (nSPS) is 16.9. The number of carbonyl (C=O) groups excluding carboxylic acids is 1. The molecule has 29 heavy (non-hydrogen) atoms. The van der Waals surface area contributed by atoms with Crippen molar-refractivity contribution < 1.29 is 18.7 Å². The number of morpholine rings is 1. The second-order valence-corrected chi connectivity index (χ2v) is 7.86. The first-order valence-electron chi connectivity index (χ1n) is 9.28. The first-order valence-corrected chi connectivity index (χ1v) is 10.0. The van der Waals surface area contributed by atoms with Crippen LogP contribution in [0.1, 0.15) is 22.0 Å². The maximum absolute atomic E-state index is 13.9. The minimum atomic E-state index is -0.572. The van der Waals surface area contributed by atoms with E-state index < -0.39 is 11.9 Å². The van der Waals surface area contributed by atoms with Gasteiger partial charge < -0.3 is 19.3 Å². The Labute approximate surface area is 179 Å². The van der Waals surface area contributed by atoms with E-state index in [0.29, 0.717) is 41.7 Å². The lowest BCUT2D eigenvalue weighted by atomic mass is 10.1. The molecule has 0 N–H and O–H groups in total. The second-order valence-electron chi connectivity index (χ2n) is 7.05. The van der Waals surface area contributed by atoms with E-state index in [4.69, 9.17) is 32.7 Å². The molecule has 0 spiro atoms. The molecule has 1 saturated heterocycles. The van der Waals surface area contributed by atoms with Crippen LogP contribution >= 0.6 is 23.2 Å². The number of nitrogens with zero attached hydrogens (tertiary/aromatic N) is 2. The molecule has 5 nitrogen and oxygen atoms in total. The summed E-state index contributed by atoms with van der Waals surface area (Å²) in [7, 11) is 3.91. The molecule has 2 aromatic rings. The summed E-state index contributed by atoms with van der Waals surface area (Å²) in [5.41, 5.74) is 0.960. The van der Waals surface area contributed by atoms with Gasteiger partial charge in [0, 0.05) is 23.7 Å². The van der Waals surface area contributed by atoms with Gasteiger partial charge in [-0.1, -0.05) is 35.3 Å². The van der Waals surface area contributed by atoms with E-state index in [0.717, 1.165) is 6.54 Å². The highest BCUT2D eigenvalue weighted by Gasteiger charge is 2.29. The summed E-state index contributed by atoms with van der Waals surface area (Å²) >= 11 is 12.0. The SMILES string of the molecule is CN(C)CCOc1ccccc1C(=O)N1CCOC(c2cc(F)c(Cl)cc2Cl)C1. The Morgan fingerprint density at radius 1 is 1.28 bits per heavy atom. The first kappa shape index (κ1) is 21.8. The molecule has 1 amide bonds. The molecular formula is C21H23Cl2FN2O3. The second kappa shape index (κ2) is 9.76. The molecule has 1 aliphatic heterocycles. The molecule has 8 heteroatoms. The van der Waals surface area contributed by atoms with E-state index in [-0.39, 0.29) is 17.5 Å². The van der Waals surface area contributed by atoms with Crippen molar-refractivity contribution in [3.8, 4) is 5.75 Å². The molecule has 2 aromatic carbocycles. The Hall–Kier alpha value is -1.86. The number of carbonyl (C=O) groups is 1. The Balaban J connectivity index is 1.76. The quantitative estimate of drug-likeness (QED) is 0.628. The van der Waals surface area contributed by atoms with Crippen LogP contribution < -0.4 is 4.74 Å². The van der Waals surface area contributed by atoms with E-state index in [1.54, 1.807) is 23.1 Å². The van der Waals surface area contributed by atoms with Crippen LogP contribution in [0.3, 0.4) is 0 Å². The number of rotatable bonds is 6. The number of para-hydroxylation sites is 1. The third-order valence-corrected chi connectivity index (χ3v) is 5.27. The van der Waals surface area contributed by atoms with Crippen LogP contribution in [0.25, 0.3) is 0 Å². The van der Waals surface area contributed by atoms with Crippen LogP contribution in [0, 0.1) is 5.82 Å². The number of hydrogen-bond acceptors (Lipinski definition) is 4. The highest BCUT2D eigenvalue weighted by molar-refractivity contribution is 6.35. The van der Waals surface area contributed by atoms with E-state index in [1.807, 2.05) is 25.1 Å². The lowest BCUT2D eigenvalue weighted by Crippen LogP contribution is -2.42. The summed E-state index contributed by atoms with van der Waals surface area (Å²) in [6, 6.07) is 9.78. The maximum Gasteiger partial charge on any atom is 0.257 e. The zero-order chi connectivity index (χ0) is 21.0. The Morgan fingerprint density at radius 3 is 2.79 bits per heavy atom. The fourth-order valence-corrected chi connectivity index (χ4v) is 3.59. The van der Waals surface area contributed by atoms with Crippen molar-refractivity contribution in [2.75, 3.05) is 46.9 Å². The topological polar surface area (TPSA) is 42.0 Å². The molecule has 156 valence electrons. The Kier molecular flexibility index (Phi) is 7.35. The molecule has 1 unspecified atom stereocenters. The largest absolute Gasteiger partial charge is 0.491 e. The van der Waals surface area contributed by atoms with E-state index in [9.17, 15) is 9.18 Å². The minimum Gasteiger partial charge on any atom is -0.491 e. The summed E-state index contributed by atoms with van der Waals surface area (Å²) in [5.74, 6) is -0.194. The summed E-state index contributed by atoms with van der Waals surface area (Å²) in [5, 5.41) is 0.259. The van der Waals surface area contributed by atoms with Gasteiger partial charge in [-0.15, -0.1) is 0 Å². The van der Waals surface area contributed by atoms with Crippen LogP contribution in [-0.2, 0) is 4.74 Å². The van der Waals surface area contributed by atoms with Crippen LogP contribution in [0.5, 0.6) is 5.75 Å². The summed E-state index contributed by atoms with van der Waals surface area (Å²) in [6.45, 7) is 2.22. The third-order valence-electron chi connectivity index (χ3n) is 4.65. The van der Waals surface area contributed by atoms with Gasteiger partial charge in [0.05, 0.1) is 23.7 Å². The third kappa shape index (κ3) is 5.39. The fourth-order valence-electron chi connectivity index (χ4n) is 3.08. The Bertz CT molecular complexity index is 879. The molecule has 0 saturated carbocycles.